The van der Waals surface area contributed by atoms with E-state index in [1.807, 2.05) is 24.3 Å². The molecule has 0 aliphatic rings. The predicted molar refractivity (Wildman–Crippen MR) is 129 cm³/mol. The molecule has 0 aliphatic heterocycles. The molecule has 0 atom stereocenters. The number of methoxy groups -OCH3 is 1. The van der Waals surface area contributed by atoms with Crippen LogP contribution in [0.25, 0.3) is 10.9 Å². The maximum atomic E-state index is 12.7. The summed E-state index contributed by atoms with van der Waals surface area (Å²) in [6, 6.07) is 15.0. The molecule has 1 heterocycles. The number of benzene rings is 3. The van der Waals surface area contributed by atoms with Gasteiger partial charge in [-0.25, -0.2) is 9.97 Å². The van der Waals surface area contributed by atoms with Crippen LogP contribution in [0.5, 0.6) is 11.5 Å². The van der Waals surface area contributed by atoms with Gasteiger partial charge in [-0.15, -0.1) is 0 Å². The minimum Gasteiger partial charge on any atom is -0.493 e. The zero-order chi connectivity index (χ0) is 25.0. The number of hydrogen-bond acceptors (Lipinski definition) is 6. The number of aromatic nitrogens is 2. The van der Waals surface area contributed by atoms with Crippen molar-refractivity contribution in [3.05, 3.63) is 77.0 Å². The number of alkyl halides is 3. The van der Waals surface area contributed by atoms with Gasteiger partial charge in [0.05, 0.1) is 18.2 Å². The highest BCUT2D eigenvalue weighted by molar-refractivity contribution is 9.10. The third kappa shape index (κ3) is 5.99. The zero-order valence-electron chi connectivity index (χ0n) is 18.2. The van der Waals surface area contributed by atoms with Crippen molar-refractivity contribution in [2.24, 2.45) is 0 Å². The fraction of sp³-hybridized carbons (Fsp3) is 0.125. The van der Waals surface area contributed by atoms with Crippen LogP contribution in [0, 0.1) is 0 Å². The minimum atomic E-state index is -4.45. The zero-order valence-corrected chi connectivity index (χ0v) is 19.8. The molecule has 0 bridgehead atoms. The van der Waals surface area contributed by atoms with Crippen LogP contribution in [-0.2, 0) is 11.0 Å². The van der Waals surface area contributed by atoms with Crippen molar-refractivity contribution < 1.29 is 27.4 Å². The summed E-state index contributed by atoms with van der Waals surface area (Å²) in [6.07, 6.45) is -3.03. The average molecular weight is 547 g/mol. The average Bonchev–Trinajstić information content (AvgIpc) is 2.82. The Kier molecular flexibility index (Phi) is 7.06. The molecule has 0 saturated heterocycles. The molecule has 0 radical (unpaired) electrons. The van der Waals surface area contributed by atoms with Crippen LogP contribution in [-0.4, -0.2) is 29.6 Å². The largest absolute Gasteiger partial charge is 0.493 e. The van der Waals surface area contributed by atoms with Gasteiger partial charge in [0.25, 0.3) is 5.91 Å². The Bertz CT molecular complexity index is 1360. The topological polar surface area (TPSA) is 85.4 Å². The van der Waals surface area contributed by atoms with Gasteiger partial charge in [0.2, 0.25) is 0 Å². The van der Waals surface area contributed by atoms with E-state index in [0.717, 1.165) is 22.3 Å². The summed E-state index contributed by atoms with van der Waals surface area (Å²) in [6.45, 7) is -0.398. The van der Waals surface area contributed by atoms with Gasteiger partial charge in [-0.3, -0.25) is 4.79 Å². The van der Waals surface area contributed by atoms with E-state index in [0.29, 0.717) is 22.5 Å². The van der Waals surface area contributed by atoms with Gasteiger partial charge >= 0.3 is 6.18 Å². The van der Waals surface area contributed by atoms with Gasteiger partial charge in [0.15, 0.2) is 18.1 Å². The van der Waals surface area contributed by atoms with Crippen molar-refractivity contribution in [3.63, 3.8) is 0 Å². The molecule has 0 aliphatic carbocycles. The Morgan fingerprint density at radius 3 is 2.46 bits per heavy atom. The molecule has 0 fully saturated rings. The molecule has 0 spiro atoms. The van der Waals surface area contributed by atoms with Gasteiger partial charge in [-0.2, -0.15) is 13.2 Å². The number of halogens is 4. The number of amides is 1. The molecular formula is C24H18BrF3N4O3. The van der Waals surface area contributed by atoms with E-state index in [4.69, 9.17) is 9.47 Å². The summed E-state index contributed by atoms with van der Waals surface area (Å²) in [5.41, 5.74) is 0.803. The summed E-state index contributed by atoms with van der Waals surface area (Å²) in [7, 11) is 1.46. The maximum Gasteiger partial charge on any atom is 0.416 e. The molecule has 1 amide bonds. The van der Waals surface area contributed by atoms with Crippen LogP contribution >= 0.6 is 15.9 Å². The lowest BCUT2D eigenvalue weighted by molar-refractivity contribution is -0.137. The highest BCUT2D eigenvalue weighted by Crippen LogP contribution is 2.35. The smallest absolute Gasteiger partial charge is 0.416 e. The van der Waals surface area contributed by atoms with Crippen molar-refractivity contribution in [1.29, 1.82) is 0 Å². The van der Waals surface area contributed by atoms with Crippen LogP contribution in [0.2, 0.25) is 0 Å². The SMILES string of the molecule is COc1cc2ncnc(Nc3cccc(Br)c3)c2cc1OCC(=O)Nc1ccc(C(F)(F)F)cc1. The Balaban J connectivity index is 1.51. The first-order chi connectivity index (χ1) is 16.7. The van der Waals surface area contributed by atoms with Crippen molar-refractivity contribution in [1.82, 2.24) is 9.97 Å². The number of fused-ring (bicyclic) bond motifs is 1. The van der Waals surface area contributed by atoms with Gasteiger partial charge in [0.1, 0.15) is 12.1 Å². The normalized spacial score (nSPS) is 11.2. The highest BCUT2D eigenvalue weighted by atomic mass is 79.9. The van der Waals surface area contributed by atoms with Gasteiger partial charge in [-0.1, -0.05) is 22.0 Å². The highest BCUT2D eigenvalue weighted by Gasteiger charge is 2.30. The third-order valence-corrected chi connectivity index (χ3v) is 5.36. The number of ether oxygens (including phenoxy) is 2. The molecule has 4 rings (SSSR count). The van der Waals surface area contributed by atoms with Crippen molar-refractivity contribution in [2.45, 2.75) is 6.18 Å². The van der Waals surface area contributed by atoms with Crippen LogP contribution in [0.1, 0.15) is 5.56 Å². The van der Waals surface area contributed by atoms with E-state index in [2.05, 4.69) is 36.5 Å². The second-order valence-corrected chi connectivity index (χ2v) is 8.21. The van der Waals surface area contributed by atoms with E-state index < -0.39 is 24.3 Å². The molecule has 0 saturated carbocycles. The van der Waals surface area contributed by atoms with Crippen LogP contribution in [0.3, 0.4) is 0 Å². The van der Waals surface area contributed by atoms with E-state index in [1.54, 1.807) is 12.1 Å². The molecule has 2 N–H and O–H groups in total. The fourth-order valence-electron chi connectivity index (χ4n) is 3.22. The quantitative estimate of drug-likeness (QED) is 0.288. The Morgan fingerprint density at radius 1 is 1.00 bits per heavy atom. The number of hydrogen-bond donors (Lipinski definition) is 2. The third-order valence-electron chi connectivity index (χ3n) is 4.86. The van der Waals surface area contributed by atoms with E-state index in [1.165, 1.54) is 25.6 Å². The Morgan fingerprint density at radius 2 is 1.77 bits per heavy atom. The van der Waals surface area contributed by atoms with E-state index in [-0.39, 0.29) is 11.4 Å². The molecule has 1 aromatic heterocycles. The van der Waals surface area contributed by atoms with Crippen LogP contribution < -0.4 is 20.1 Å². The molecule has 7 nitrogen and oxygen atoms in total. The number of carbonyl (C=O) groups excluding carboxylic acids is 1. The lowest BCUT2D eigenvalue weighted by Crippen LogP contribution is -2.20. The summed E-state index contributed by atoms with van der Waals surface area (Å²) in [5.74, 6) is 0.597. The second kappa shape index (κ2) is 10.2. The van der Waals surface area contributed by atoms with Gasteiger partial charge in [-0.05, 0) is 48.5 Å². The fourth-order valence-corrected chi connectivity index (χ4v) is 3.62. The molecule has 180 valence electrons. The molecule has 35 heavy (non-hydrogen) atoms. The van der Waals surface area contributed by atoms with Crippen LogP contribution in [0.15, 0.2) is 71.5 Å². The molecule has 0 unspecified atom stereocenters. The first-order valence-corrected chi connectivity index (χ1v) is 11.0. The van der Waals surface area contributed by atoms with Crippen molar-refractivity contribution in [2.75, 3.05) is 24.4 Å². The molecular weight excluding hydrogens is 529 g/mol. The Hall–Kier alpha value is -3.86. The van der Waals surface area contributed by atoms with E-state index >= 15 is 0 Å². The minimum absolute atomic E-state index is 0.214. The second-order valence-electron chi connectivity index (χ2n) is 7.29. The number of rotatable bonds is 7. The summed E-state index contributed by atoms with van der Waals surface area (Å²) >= 11 is 3.43. The molecule has 11 heteroatoms. The number of anilines is 3. The van der Waals surface area contributed by atoms with Gasteiger partial charge < -0.3 is 20.1 Å². The van der Waals surface area contributed by atoms with Crippen LogP contribution in [0.4, 0.5) is 30.4 Å². The van der Waals surface area contributed by atoms with Crippen molar-refractivity contribution >= 4 is 49.9 Å². The summed E-state index contributed by atoms with van der Waals surface area (Å²) < 4.78 is 50.1. The number of carbonyl (C=O) groups is 1. The van der Waals surface area contributed by atoms with Crippen molar-refractivity contribution in [3.8, 4) is 11.5 Å². The first kappa shape index (κ1) is 24.3. The molecule has 3 aromatic carbocycles. The lowest BCUT2D eigenvalue weighted by atomic mass is 10.2. The monoisotopic (exact) mass is 546 g/mol. The number of nitrogens with zero attached hydrogens (tertiary/aromatic N) is 2. The summed E-state index contributed by atoms with van der Waals surface area (Å²) in [5, 5.41) is 6.36. The standard InChI is InChI=1S/C24H18BrF3N4O3/c1-34-20-11-19-18(23(30-13-29-19)32-17-4-2-3-15(25)9-17)10-21(20)35-12-22(33)31-16-7-5-14(6-8-16)24(26,27)28/h2-11,13H,12H2,1H3,(H,31,33)(H,29,30,32). The molecule has 4 aromatic rings. The number of nitrogens with one attached hydrogen (secondary N) is 2. The van der Waals surface area contributed by atoms with Gasteiger partial charge in [0, 0.05) is 27.3 Å². The Labute approximate surface area is 206 Å². The lowest BCUT2D eigenvalue weighted by Gasteiger charge is -2.14. The first-order valence-electron chi connectivity index (χ1n) is 10.2. The maximum absolute atomic E-state index is 12.7. The van der Waals surface area contributed by atoms with E-state index in [9.17, 15) is 18.0 Å². The summed E-state index contributed by atoms with van der Waals surface area (Å²) in [4.78, 5) is 20.9. The predicted octanol–water partition coefficient (Wildman–Crippen LogP) is 6.18.